The van der Waals surface area contributed by atoms with Crippen LogP contribution >= 0.6 is 35.0 Å². The molecule has 0 saturated heterocycles. The predicted molar refractivity (Wildman–Crippen MR) is 110 cm³/mol. The molecule has 1 saturated carbocycles. The number of benzene rings is 1. The highest BCUT2D eigenvalue weighted by Crippen LogP contribution is 2.39. The van der Waals surface area contributed by atoms with E-state index in [0.29, 0.717) is 38.5 Å². The molecule has 1 aromatic carbocycles. The van der Waals surface area contributed by atoms with E-state index >= 15 is 0 Å². The minimum absolute atomic E-state index is 0.429. The third-order valence-electron chi connectivity index (χ3n) is 4.46. The maximum Gasteiger partial charge on any atom is 0.229 e. The molecule has 3 aromatic heterocycles. The smallest absolute Gasteiger partial charge is 0.229 e. The Bertz CT molecular complexity index is 1160. The van der Waals surface area contributed by atoms with Gasteiger partial charge in [0.1, 0.15) is 0 Å². The third-order valence-corrected chi connectivity index (χ3v) is 6.12. The van der Waals surface area contributed by atoms with Crippen LogP contribution in [-0.2, 0) is 5.75 Å². The van der Waals surface area contributed by atoms with Crippen molar-refractivity contribution >= 4 is 35.0 Å². The lowest BCUT2D eigenvalue weighted by Crippen LogP contribution is -2.00. The molecule has 4 aromatic rings. The molecule has 29 heavy (non-hydrogen) atoms. The Morgan fingerprint density at radius 1 is 1.14 bits per heavy atom. The van der Waals surface area contributed by atoms with Crippen molar-refractivity contribution in [2.75, 3.05) is 0 Å². The third kappa shape index (κ3) is 3.88. The second-order valence-electron chi connectivity index (χ2n) is 6.59. The first-order valence-electron chi connectivity index (χ1n) is 8.95. The number of thioether (sulfide) groups is 1. The largest absolute Gasteiger partial charge is 0.339 e. The first-order valence-corrected chi connectivity index (χ1v) is 10.7. The summed E-state index contributed by atoms with van der Waals surface area (Å²) in [6.07, 6.45) is 5.70. The van der Waals surface area contributed by atoms with Gasteiger partial charge in [-0.2, -0.15) is 4.98 Å². The van der Waals surface area contributed by atoms with E-state index in [4.69, 9.17) is 27.7 Å². The zero-order chi connectivity index (χ0) is 19.8. The normalized spacial score (nSPS) is 13.7. The lowest BCUT2D eigenvalue weighted by atomic mass is 10.2. The predicted octanol–water partition coefficient (Wildman–Crippen LogP) is 5.19. The van der Waals surface area contributed by atoms with Crippen molar-refractivity contribution in [3.05, 3.63) is 64.5 Å². The first-order chi connectivity index (χ1) is 14.2. The number of pyridine rings is 1. The molecule has 7 nitrogen and oxygen atoms in total. The molecule has 0 bridgehead atoms. The minimum Gasteiger partial charge on any atom is -0.339 e. The van der Waals surface area contributed by atoms with Gasteiger partial charge in [0, 0.05) is 23.9 Å². The van der Waals surface area contributed by atoms with Crippen molar-refractivity contribution in [1.82, 2.24) is 29.9 Å². The molecule has 1 aliphatic rings. The topological polar surface area (TPSA) is 82.5 Å². The Labute approximate surface area is 180 Å². The summed E-state index contributed by atoms with van der Waals surface area (Å²) >= 11 is 13.8. The van der Waals surface area contributed by atoms with Crippen LogP contribution in [0.15, 0.2) is 52.4 Å². The molecular formula is C19H14Cl2N6OS. The molecular weight excluding hydrogens is 431 g/mol. The SMILES string of the molecule is Clc1ccc(-n2c(SCc3noc(C4CC4)n3)nnc2-c2cccnc2)cc1Cl. The maximum absolute atomic E-state index is 6.26. The summed E-state index contributed by atoms with van der Waals surface area (Å²) in [6.45, 7) is 0. The first kappa shape index (κ1) is 18.6. The number of rotatable bonds is 6. The van der Waals surface area contributed by atoms with E-state index in [0.717, 1.165) is 30.0 Å². The number of hydrogen-bond donors (Lipinski definition) is 0. The van der Waals surface area contributed by atoms with Gasteiger partial charge in [0.05, 0.1) is 21.5 Å². The van der Waals surface area contributed by atoms with Gasteiger partial charge in [-0.25, -0.2) is 0 Å². The van der Waals surface area contributed by atoms with Crippen LogP contribution in [0, 0.1) is 0 Å². The molecule has 0 atom stereocenters. The van der Waals surface area contributed by atoms with Crippen molar-refractivity contribution in [2.45, 2.75) is 29.7 Å². The van der Waals surface area contributed by atoms with Crippen molar-refractivity contribution in [1.29, 1.82) is 0 Å². The Morgan fingerprint density at radius 2 is 2.03 bits per heavy atom. The van der Waals surface area contributed by atoms with E-state index in [1.54, 1.807) is 24.5 Å². The van der Waals surface area contributed by atoms with Crippen LogP contribution in [0.5, 0.6) is 0 Å². The number of halogens is 2. The van der Waals surface area contributed by atoms with Gasteiger partial charge < -0.3 is 4.52 Å². The average molecular weight is 445 g/mol. The molecule has 0 amide bonds. The van der Waals surface area contributed by atoms with Crippen molar-refractivity contribution in [2.24, 2.45) is 0 Å². The maximum atomic E-state index is 6.26. The Morgan fingerprint density at radius 3 is 2.79 bits per heavy atom. The molecule has 0 aliphatic heterocycles. The molecule has 0 radical (unpaired) electrons. The van der Waals surface area contributed by atoms with Gasteiger partial charge in [-0.15, -0.1) is 10.2 Å². The molecule has 10 heteroatoms. The second-order valence-corrected chi connectivity index (χ2v) is 8.35. The highest BCUT2D eigenvalue weighted by atomic mass is 35.5. The highest BCUT2D eigenvalue weighted by Gasteiger charge is 2.29. The summed E-state index contributed by atoms with van der Waals surface area (Å²) < 4.78 is 7.26. The molecule has 5 rings (SSSR count). The number of nitrogens with zero attached hydrogens (tertiary/aromatic N) is 6. The van der Waals surface area contributed by atoms with E-state index in [1.165, 1.54) is 11.8 Å². The van der Waals surface area contributed by atoms with Crippen LogP contribution in [0.4, 0.5) is 0 Å². The fourth-order valence-electron chi connectivity index (χ4n) is 2.85. The molecule has 0 N–H and O–H groups in total. The van der Waals surface area contributed by atoms with Gasteiger partial charge >= 0.3 is 0 Å². The number of aromatic nitrogens is 6. The van der Waals surface area contributed by atoms with E-state index in [2.05, 4.69) is 25.3 Å². The summed E-state index contributed by atoms with van der Waals surface area (Å²) in [7, 11) is 0. The van der Waals surface area contributed by atoms with Crippen LogP contribution in [0.2, 0.25) is 10.0 Å². The van der Waals surface area contributed by atoms with Crippen LogP contribution in [0.25, 0.3) is 17.1 Å². The van der Waals surface area contributed by atoms with Crippen molar-refractivity contribution < 1.29 is 4.52 Å². The molecule has 0 unspecified atom stereocenters. The Kier molecular flexibility index (Phi) is 4.99. The Hall–Kier alpha value is -2.42. The van der Waals surface area contributed by atoms with E-state index in [-0.39, 0.29) is 0 Å². The summed E-state index contributed by atoms with van der Waals surface area (Å²) in [5.74, 6) is 2.97. The number of hydrogen-bond acceptors (Lipinski definition) is 7. The summed E-state index contributed by atoms with van der Waals surface area (Å²) in [5, 5.41) is 14.5. The van der Waals surface area contributed by atoms with Crippen molar-refractivity contribution in [3.8, 4) is 17.1 Å². The van der Waals surface area contributed by atoms with E-state index in [1.807, 2.05) is 22.8 Å². The summed E-state index contributed by atoms with van der Waals surface area (Å²) in [6, 6.07) is 9.20. The quantitative estimate of drug-likeness (QED) is 0.378. The van der Waals surface area contributed by atoms with Crippen LogP contribution < -0.4 is 0 Å². The zero-order valence-corrected chi connectivity index (χ0v) is 17.3. The van der Waals surface area contributed by atoms with E-state index < -0.39 is 0 Å². The van der Waals surface area contributed by atoms with Gasteiger partial charge in [-0.1, -0.05) is 40.1 Å². The Balaban J connectivity index is 1.50. The molecule has 1 aliphatic carbocycles. The summed E-state index contributed by atoms with van der Waals surface area (Å²) in [5.41, 5.74) is 1.64. The van der Waals surface area contributed by atoms with Crippen LogP contribution in [0.1, 0.15) is 30.5 Å². The molecule has 146 valence electrons. The van der Waals surface area contributed by atoms with Crippen LogP contribution in [-0.4, -0.2) is 29.9 Å². The van der Waals surface area contributed by atoms with Gasteiger partial charge in [0.2, 0.25) is 5.89 Å². The van der Waals surface area contributed by atoms with Gasteiger partial charge in [-0.05, 0) is 43.2 Å². The van der Waals surface area contributed by atoms with Crippen LogP contribution in [0.3, 0.4) is 0 Å². The zero-order valence-electron chi connectivity index (χ0n) is 15.0. The standard InChI is InChI=1S/C19H14Cl2N6OS/c20-14-6-5-13(8-15(14)21)27-17(12-2-1-7-22-9-12)24-25-19(27)29-10-16-23-18(28-26-16)11-3-4-11/h1-2,5-9,11H,3-4,10H2. The fourth-order valence-corrected chi connectivity index (χ4v) is 3.94. The summed E-state index contributed by atoms with van der Waals surface area (Å²) in [4.78, 5) is 8.66. The molecule has 1 fully saturated rings. The molecule has 3 heterocycles. The van der Waals surface area contributed by atoms with Gasteiger partial charge in [-0.3, -0.25) is 9.55 Å². The average Bonchev–Trinajstić information content (AvgIpc) is 3.33. The van der Waals surface area contributed by atoms with Gasteiger partial charge in [0.25, 0.3) is 0 Å². The highest BCUT2D eigenvalue weighted by molar-refractivity contribution is 7.98. The second kappa shape index (κ2) is 7.78. The lowest BCUT2D eigenvalue weighted by Gasteiger charge is -2.10. The lowest BCUT2D eigenvalue weighted by molar-refractivity contribution is 0.375. The minimum atomic E-state index is 0.429. The van der Waals surface area contributed by atoms with Gasteiger partial charge in [0.15, 0.2) is 16.8 Å². The fraction of sp³-hybridized carbons (Fsp3) is 0.211. The monoisotopic (exact) mass is 444 g/mol. The molecule has 0 spiro atoms. The van der Waals surface area contributed by atoms with E-state index in [9.17, 15) is 0 Å². The van der Waals surface area contributed by atoms with Crippen molar-refractivity contribution in [3.63, 3.8) is 0 Å².